The summed E-state index contributed by atoms with van der Waals surface area (Å²) < 4.78 is 0. The van der Waals surface area contributed by atoms with Gasteiger partial charge in [-0.05, 0) is 24.7 Å². The predicted octanol–water partition coefficient (Wildman–Crippen LogP) is 1.89. The van der Waals surface area contributed by atoms with Gasteiger partial charge in [0.1, 0.15) is 0 Å². The molecule has 0 aliphatic carbocycles. The van der Waals surface area contributed by atoms with Gasteiger partial charge in [-0.3, -0.25) is 9.59 Å². The molecule has 92 valence electrons. The first-order chi connectivity index (χ1) is 7.41. The van der Waals surface area contributed by atoms with Gasteiger partial charge in [0.05, 0.1) is 0 Å². The van der Waals surface area contributed by atoms with Crippen LogP contribution in [0.3, 0.4) is 0 Å². The lowest BCUT2D eigenvalue weighted by atomic mass is 9.84. The molecule has 0 unspecified atom stereocenters. The van der Waals surface area contributed by atoms with E-state index in [2.05, 4.69) is 13.8 Å². The fourth-order valence-electron chi connectivity index (χ4n) is 1.95. The van der Waals surface area contributed by atoms with Crippen LogP contribution in [0, 0.1) is 5.41 Å². The lowest BCUT2D eigenvalue weighted by molar-refractivity contribution is -0.137. The molecule has 0 bridgehead atoms. The zero-order valence-electron chi connectivity index (χ0n) is 10.2. The van der Waals surface area contributed by atoms with Crippen LogP contribution in [-0.2, 0) is 9.59 Å². The first kappa shape index (κ1) is 13.0. The van der Waals surface area contributed by atoms with Crippen LogP contribution in [0.2, 0.25) is 0 Å². The number of likely N-dealkylation sites (tertiary alicyclic amines) is 1. The van der Waals surface area contributed by atoms with Crippen molar-refractivity contribution in [1.29, 1.82) is 0 Å². The van der Waals surface area contributed by atoms with Crippen LogP contribution in [0.5, 0.6) is 0 Å². The van der Waals surface area contributed by atoms with Crippen LogP contribution >= 0.6 is 0 Å². The summed E-state index contributed by atoms with van der Waals surface area (Å²) in [5.41, 5.74) is 0.00125. The topological polar surface area (TPSA) is 57.6 Å². The van der Waals surface area contributed by atoms with Gasteiger partial charge in [0.15, 0.2) is 0 Å². The van der Waals surface area contributed by atoms with Crippen molar-refractivity contribution in [2.24, 2.45) is 5.41 Å². The summed E-state index contributed by atoms with van der Waals surface area (Å²) in [4.78, 5) is 23.8. The molecule has 1 heterocycles. The van der Waals surface area contributed by atoms with Crippen molar-refractivity contribution < 1.29 is 14.7 Å². The van der Waals surface area contributed by atoms with Crippen molar-refractivity contribution in [3.05, 3.63) is 0 Å². The minimum Gasteiger partial charge on any atom is -0.481 e. The van der Waals surface area contributed by atoms with Crippen molar-refractivity contribution in [2.75, 3.05) is 13.1 Å². The van der Waals surface area contributed by atoms with Gasteiger partial charge in [-0.2, -0.15) is 0 Å². The van der Waals surface area contributed by atoms with Crippen LogP contribution < -0.4 is 0 Å². The van der Waals surface area contributed by atoms with E-state index in [1.807, 2.05) is 4.90 Å². The zero-order valence-corrected chi connectivity index (χ0v) is 10.2. The molecule has 0 saturated carbocycles. The first-order valence-electron chi connectivity index (χ1n) is 5.90. The predicted molar refractivity (Wildman–Crippen MR) is 61.1 cm³/mol. The number of carboxylic acids is 1. The highest BCUT2D eigenvalue weighted by Gasteiger charge is 2.24. The maximum absolute atomic E-state index is 11.4. The Morgan fingerprint density at radius 1 is 1.44 bits per heavy atom. The van der Waals surface area contributed by atoms with Gasteiger partial charge >= 0.3 is 5.97 Å². The van der Waals surface area contributed by atoms with Gasteiger partial charge in [0.2, 0.25) is 5.91 Å². The highest BCUT2D eigenvalue weighted by atomic mass is 16.4. The molecule has 1 N–H and O–H groups in total. The minimum absolute atomic E-state index is 0.00125. The molecular formula is C12H21NO3. The molecule has 0 aromatic carbocycles. The van der Waals surface area contributed by atoms with E-state index in [0.717, 1.165) is 25.9 Å². The zero-order chi connectivity index (χ0) is 12.2. The number of amides is 1. The first-order valence-corrected chi connectivity index (χ1v) is 5.90. The van der Waals surface area contributed by atoms with Crippen LogP contribution in [-0.4, -0.2) is 35.0 Å². The Morgan fingerprint density at radius 2 is 2.12 bits per heavy atom. The summed E-state index contributed by atoms with van der Waals surface area (Å²) in [5.74, 6) is -0.501. The Hall–Kier alpha value is -1.06. The standard InChI is InChI=1S/C12H21NO3/c1-12(2,6-5-11(15)16)7-9-13-8-3-4-10(13)14/h3-9H2,1-2H3,(H,15,16). The third kappa shape index (κ3) is 4.21. The lowest BCUT2D eigenvalue weighted by Crippen LogP contribution is -2.29. The van der Waals surface area contributed by atoms with E-state index in [9.17, 15) is 9.59 Å². The van der Waals surface area contributed by atoms with Gasteiger partial charge in [-0.25, -0.2) is 0 Å². The fraction of sp³-hybridized carbons (Fsp3) is 0.833. The number of carboxylic acid groups (broad SMARTS) is 1. The molecular weight excluding hydrogens is 206 g/mol. The summed E-state index contributed by atoms with van der Waals surface area (Å²) in [6, 6.07) is 0. The Bertz CT molecular complexity index is 273. The van der Waals surface area contributed by atoms with E-state index in [1.54, 1.807) is 0 Å². The van der Waals surface area contributed by atoms with Crippen LogP contribution in [0.4, 0.5) is 0 Å². The van der Waals surface area contributed by atoms with Crippen molar-refractivity contribution in [2.45, 2.75) is 46.0 Å². The number of carbonyl (C=O) groups excluding carboxylic acids is 1. The molecule has 0 radical (unpaired) electrons. The molecule has 4 nitrogen and oxygen atoms in total. The molecule has 0 aromatic heterocycles. The van der Waals surface area contributed by atoms with Crippen LogP contribution in [0.1, 0.15) is 46.0 Å². The van der Waals surface area contributed by atoms with E-state index >= 15 is 0 Å². The quantitative estimate of drug-likeness (QED) is 0.753. The summed E-state index contributed by atoms with van der Waals surface area (Å²) in [7, 11) is 0. The fourth-order valence-corrected chi connectivity index (χ4v) is 1.95. The molecule has 0 aromatic rings. The largest absolute Gasteiger partial charge is 0.481 e. The summed E-state index contributed by atoms with van der Waals surface area (Å²) in [6.07, 6.45) is 3.40. The Balaban J connectivity index is 2.29. The number of hydrogen-bond acceptors (Lipinski definition) is 2. The van der Waals surface area contributed by atoms with Crippen molar-refractivity contribution >= 4 is 11.9 Å². The van der Waals surface area contributed by atoms with Gasteiger partial charge in [0, 0.05) is 25.9 Å². The second-order valence-electron chi connectivity index (χ2n) is 5.29. The van der Waals surface area contributed by atoms with Crippen molar-refractivity contribution in [1.82, 2.24) is 4.90 Å². The lowest BCUT2D eigenvalue weighted by Gasteiger charge is -2.26. The van der Waals surface area contributed by atoms with Gasteiger partial charge in [-0.1, -0.05) is 13.8 Å². The van der Waals surface area contributed by atoms with Crippen LogP contribution in [0.25, 0.3) is 0 Å². The highest BCUT2D eigenvalue weighted by Crippen LogP contribution is 2.27. The van der Waals surface area contributed by atoms with Crippen LogP contribution in [0.15, 0.2) is 0 Å². The number of aliphatic carboxylic acids is 1. The summed E-state index contributed by atoms with van der Waals surface area (Å²) >= 11 is 0. The van der Waals surface area contributed by atoms with E-state index < -0.39 is 5.97 Å². The molecule has 0 spiro atoms. The number of carbonyl (C=O) groups is 2. The molecule has 4 heteroatoms. The normalized spacial score (nSPS) is 16.9. The average molecular weight is 227 g/mol. The highest BCUT2D eigenvalue weighted by molar-refractivity contribution is 5.78. The molecule has 1 fully saturated rings. The van der Waals surface area contributed by atoms with E-state index in [4.69, 9.17) is 5.11 Å². The van der Waals surface area contributed by atoms with Crippen molar-refractivity contribution in [3.63, 3.8) is 0 Å². The molecule has 0 atom stereocenters. The van der Waals surface area contributed by atoms with Gasteiger partial charge < -0.3 is 10.0 Å². The molecule has 1 aliphatic heterocycles. The SMILES string of the molecule is CC(C)(CCC(=O)O)CCN1CCCC1=O. The second kappa shape index (κ2) is 5.32. The Labute approximate surface area is 96.6 Å². The minimum atomic E-state index is -0.745. The van der Waals surface area contributed by atoms with Crippen molar-refractivity contribution in [3.8, 4) is 0 Å². The maximum Gasteiger partial charge on any atom is 0.303 e. The molecule has 16 heavy (non-hydrogen) atoms. The third-order valence-corrected chi connectivity index (χ3v) is 3.25. The number of hydrogen-bond donors (Lipinski definition) is 1. The monoisotopic (exact) mass is 227 g/mol. The van der Waals surface area contributed by atoms with Gasteiger partial charge in [0.25, 0.3) is 0 Å². The average Bonchev–Trinajstić information content (AvgIpc) is 2.59. The Morgan fingerprint density at radius 3 is 2.62 bits per heavy atom. The smallest absolute Gasteiger partial charge is 0.303 e. The van der Waals surface area contributed by atoms with Gasteiger partial charge in [-0.15, -0.1) is 0 Å². The maximum atomic E-state index is 11.4. The third-order valence-electron chi connectivity index (χ3n) is 3.25. The second-order valence-corrected chi connectivity index (χ2v) is 5.29. The number of rotatable bonds is 6. The molecule has 1 saturated heterocycles. The molecule has 1 rings (SSSR count). The summed E-state index contributed by atoms with van der Waals surface area (Å²) in [6.45, 7) is 5.77. The van der Waals surface area contributed by atoms with E-state index in [1.165, 1.54) is 0 Å². The molecule has 1 amide bonds. The Kier molecular flexibility index (Phi) is 4.33. The summed E-state index contributed by atoms with van der Waals surface area (Å²) in [5, 5.41) is 8.63. The molecule has 1 aliphatic rings. The van der Waals surface area contributed by atoms with E-state index in [-0.39, 0.29) is 17.7 Å². The number of nitrogens with zero attached hydrogens (tertiary/aromatic N) is 1. The van der Waals surface area contributed by atoms with E-state index in [0.29, 0.717) is 12.8 Å².